The van der Waals surface area contributed by atoms with E-state index in [1.807, 2.05) is 30.5 Å². The monoisotopic (exact) mass is 262 g/mol. The SMILES string of the molecule is CSc1cccc(NC(=O)c2c(C)noc2C)c1. The molecule has 0 unspecified atom stereocenters. The zero-order chi connectivity index (χ0) is 13.1. The van der Waals surface area contributed by atoms with Crippen LogP contribution >= 0.6 is 11.8 Å². The summed E-state index contributed by atoms with van der Waals surface area (Å²) in [5.74, 6) is 0.343. The molecule has 1 aromatic heterocycles. The number of anilines is 1. The van der Waals surface area contributed by atoms with Crippen molar-refractivity contribution in [2.75, 3.05) is 11.6 Å². The Bertz CT molecular complexity index is 559. The topological polar surface area (TPSA) is 55.1 Å². The summed E-state index contributed by atoms with van der Waals surface area (Å²) in [5, 5.41) is 6.62. The van der Waals surface area contributed by atoms with Gasteiger partial charge in [0.1, 0.15) is 11.3 Å². The van der Waals surface area contributed by atoms with Crippen LogP contribution in [0.15, 0.2) is 33.7 Å². The van der Waals surface area contributed by atoms with E-state index in [0.717, 1.165) is 10.6 Å². The van der Waals surface area contributed by atoms with Crippen molar-refractivity contribution in [1.82, 2.24) is 5.16 Å². The minimum atomic E-state index is -0.190. The Morgan fingerprint density at radius 2 is 2.17 bits per heavy atom. The molecule has 0 atom stereocenters. The molecule has 2 aromatic rings. The van der Waals surface area contributed by atoms with Crippen LogP contribution in [0, 0.1) is 13.8 Å². The lowest BCUT2D eigenvalue weighted by Gasteiger charge is -2.05. The van der Waals surface area contributed by atoms with Crippen LogP contribution in [0.5, 0.6) is 0 Å². The summed E-state index contributed by atoms with van der Waals surface area (Å²) in [6.07, 6.45) is 2.00. The molecule has 0 radical (unpaired) electrons. The number of carbonyl (C=O) groups excluding carboxylic acids is 1. The second-order valence-corrected chi connectivity index (χ2v) is 4.76. The van der Waals surface area contributed by atoms with Crippen molar-refractivity contribution in [3.63, 3.8) is 0 Å². The van der Waals surface area contributed by atoms with E-state index in [2.05, 4.69) is 10.5 Å². The average molecular weight is 262 g/mol. The molecule has 0 saturated heterocycles. The van der Waals surface area contributed by atoms with Gasteiger partial charge in [0.2, 0.25) is 0 Å². The molecule has 4 nitrogen and oxygen atoms in total. The molecule has 0 saturated carbocycles. The average Bonchev–Trinajstić information content (AvgIpc) is 2.69. The van der Waals surface area contributed by atoms with E-state index in [1.54, 1.807) is 25.6 Å². The van der Waals surface area contributed by atoms with Gasteiger partial charge in [0, 0.05) is 10.6 Å². The molecule has 1 aromatic carbocycles. The summed E-state index contributed by atoms with van der Waals surface area (Å²) in [4.78, 5) is 13.2. The van der Waals surface area contributed by atoms with Gasteiger partial charge in [-0.2, -0.15) is 0 Å². The first-order valence-electron chi connectivity index (χ1n) is 5.50. The fraction of sp³-hybridized carbons (Fsp3) is 0.231. The lowest BCUT2D eigenvalue weighted by atomic mass is 10.2. The molecule has 0 aliphatic heterocycles. The number of hydrogen-bond acceptors (Lipinski definition) is 4. The van der Waals surface area contributed by atoms with E-state index in [0.29, 0.717) is 17.0 Å². The molecule has 94 valence electrons. The standard InChI is InChI=1S/C13H14N2O2S/c1-8-12(9(2)17-15-8)13(16)14-10-5-4-6-11(7-10)18-3/h4-7H,1-3H3,(H,14,16). The third kappa shape index (κ3) is 2.56. The van der Waals surface area contributed by atoms with Crippen LogP contribution in [0.1, 0.15) is 21.8 Å². The van der Waals surface area contributed by atoms with E-state index < -0.39 is 0 Å². The Morgan fingerprint density at radius 3 is 2.78 bits per heavy atom. The highest BCUT2D eigenvalue weighted by Gasteiger charge is 2.17. The number of nitrogens with one attached hydrogen (secondary N) is 1. The molecular formula is C13H14N2O2S. The number of rotatable bonds is 3. The van der Waals surface area contributed by atoms with Gasteiger partial charge in [-0.1, -0.05) is 11.2 Å². The summed E-state index contributed by atoms with van der Waals surface area (Å²) in [7, 11) is 0. The van der Waals surface area contributed by atoms with Crippen LogP contribution in [0.3, 0.4) is 0 Å². The second kappa shape index (κ2) is 5.27. The quantitative estimate of drug-likeness (QED) is 0.862. The van der Waals surface area contributed by atoms with Crippen molar-refractivity contribution >= 4 is 23.4 Å². The van der Waals surface area contributed by atoms with E-state index in [-0.39, 0.29) is 5.91 Å². The molecule has 0 aliphatic carbocycles. The number of amides is 1. The smallest absolute Gasteiger partial charge is 0.261 e. The molecule has 1 heterocycles. The number of benzene rings is 1. The lowest BCUT2D eigenvalue weighted by molar-refractivity contribution is 0.102. The Hall–Kier alpha value is -1.75. The number of nitrogens with zero attached hydrogens (tertiary/aromatic N) is 1. The van der Waals surface area contributed by atoms with Crippen LogP contribution in [0.25, 0.3) is 0 Å². The van der Waals surface area contributed by atoms with E-state index in [1.165, 1.54) is 0 Å². The van der Waals surface area contributed by atoms with Gasteiger partial charge in [-0.25, -0.2) is 0 Å². The maximum atomic E-state index is 12.1. The van der Waals surface area contributed by atoms with E-state index in [9.17, 15) is 4.79 Å². The third-order valence-corrected chi connectivity index (χ3v) is 3.31. The van der Waals surface area contributed by atoms with Crippen molar-refractivity contribution in [2.45, 2.75) is 18.7 Å². The van der Waals surface area contributed by atoms with Gasteiger partial charge >= 0.3 is 0 Å². The second-order valence-electron chi connectivity index (χ2n) is 3.89. The molecule has 0 spiro atoms. The van der Waals surface area contributed by atoms with Crippen molar-refractivity contribution < 1.29 is 9.32 Å². The number of aromatic nitrogens is 1. The van der Waals surface area contributed by atoms with Gasteiger partial charge in [0.25, 0.3) is 5.91 Å². The van der Waals surface area contributed by atoms with Crippen molar-refractivity contribution in [3.05, 3.63) is 41.3 Å². The Labute approximate surface area is 110 Å². The van der Waals surface area contributed by atoms with Gasteiger partial charge in [0.05, 0.1) is 5.69 Å². The third-order valence-electron chi connectivity index (χ3n) is 2.59. The van der Waals surface area contributed by atoms with Gasteiger partial charge in [-0.3, -0.25) is 4.79 Å². The highest BCUT2D eigenvalue weighted by molar-refractivity contribution is 7.98. The molecule has 2 rings (SSSR count). The number of aryl methyl sites for hydroxylation is 2. The van der Waals surface area contributed by atoms with Crippen LogP contribution in [-0.4, -0.2) is 17.3 Å². The molecular weight excluding hydrogens is 248 g/mol. The predicted molar refractivity (Wildman–Crippen MR) is 72.2 cm³/mol. The van der Waals surface area contributed by atoms with Crippen molar-refractivity contribution in [1.29, 1.82) is 0 Å². The molecule has 0 bridgehead atoms. The first kappa shape index (κ1) is 12.7. The molecule has 5 heteroatoms. The Balaban J connectivity index is 2.21. The maximum Gasteiger partial charge on any atom is 0.261 e. The minimum Gasteiger partial charge on any atom is -0.361 e. The first-order valence-corrected chi connectivity index (χ1v) is 6.72. The zero-order valence-corrected chi connectivity index (χ0v) is 11.3. The van der Waals surface area contributed by atoms with Crippen LogP contribution < -0.4 is 5.32 Å². The number of carbonyl (C=O) groups is 1. The predicted octanol–water partition coefficient (Wildman–Crippen LogP) is 3.27. The molecule has 18 heavy (non-hydrogen) atoms. The number of hydrogen-bond donors (Lipinski definition) is 1. The highest BCUT2D eigenvalue weighted by atomic mass is 32.2. The summed E-state index contributed by atoms with van der Waals surface area (Å²) in [6.45, 7) is 3.48. The zero-order valence-electron chi connectivity index (χ0n) is 10.5. The maximum absolute atomic E-state index is 12.1. The summed E-state index contributed by atoms with van der Waals surface area (Å²) >= 11 is 1.63. The minimum absolute atomic E-state index is 0.190. The van der Waals surface area contributed by atoms with Crippen LogP contribution in [0.4, 0.5) is 5.69 Å². The number of thioether (sulfide) groups is 1. The van der Waals surface area contributed by atoms with Crippen LogP contribution in [-0.2, 0) is 0 Å². The van der Waals surface area contributed by atoms with Gasteiger partial charge in [-0.05, 0) is 38.3 Å². The largest absolute Gasteiger partial charge is 0.361 e. The van der Waals surface area contributed by atoms with Gasteiger partial charge < -0.3 is 9.84 Å². The van der Waals surface area contributed by atoms with E-state index >= 15 is 0 Å². The van der Waals surface area contributed by atoms with Crippen molar-refractivity contribution in [3.8, 4) is 0 Å². The summed E-state index contributed by atoms with van der Waals surface area (Å²) in [5.41, 5.74) is 1.88. The summed E-state index contributed by atoms with van der Waals surface area (Å²) < 4.78 is 4.98. The lowest BCUT2D eigenvalue weighted by Crippen LogP contribution is -2.13. The molecule has 1 N–H and O–H groups in total. The fourth-order valence-electron chi connectivity index (χ4n) is 1.70. The van der Waals surface area contributed by atoms with Gasteiger partial charge in [0.15, 0.2) is 0 Å². The molecule has 0 fully saturated rings. The Kier molecular flexibility index (Phi) is 3.72. The molecule has 1 amide bonds. The van der Waals surface area contributed by atoms with Crippen molar-refractivity contribution in [2.24, 2.45) is 0 Å². The van der Waals surface area contributed by atoms with E-state index in [4.69, 9.17) is 4.52 Å². The highest BCUT2D eigenvalue weighted by Crippen LogP contribution is 2.20. The first-order chi connectivity index (χ1) is 8.61. The van der Waals surface area contributed by atoms with Crippen LogP contribution in [0.2, 0.25) is 0 Å². The Morgan fingerprint density at radius 1 is 1.39 bits per heavy atom. The fourth-order valence-corrected chi connectivity index (χ4v) is 2.16. The van der Waals surface area contributed by atoms with Gasteiger partial charge in [-0.15, -0.1) is 11.8 Å². The summed E-state index contributed by atoms with van der Waals surface area (Å²) in [6, 6.07) is 7.70. The molecule has 0 aliphatic rings. The normalized spacial score (nSPS) is 10.4.